The van der Waals surface area contributed by atoms with Gasteiger partial charge in [0.15, 0.2) is 0 Å². The molecule has 88 valence electrons. The summed E-state index contributed by atoms with van der Waals surface area (Å²) in [5, 5.41) is 0. The molecule has 0 bridgehead atoms. The number of hydrogen-bond acceptors (Lipinski definition) is 1. The summed E-state index contributed by atoms with van der Waals surface area (Å²) in [4.78, 5) is 0. The summed E-state index contributed by atoms with van der Waals surface area (Å²) < 4.78 is 18.9. The molecule has 1 atom stereocenters. The maximum atomic E-state index is 13.0. The fraction of sp³-hybridized carbons (Fsp3) is 0.571. The van der Waals surface area contributed by atoms with E-state index in [1.54, 1.807) is 12.1 Å². The van der Waals surface area contributed by atoms with Crippen LogP contribution in [0.15, 0.2) is 18.2 Å². The van der Waals surface area contributed by atoms with Crippen molar-refractivity contribution < 1.29 is 9.13 Å². The van der Waals surface area contributed by atoms with E-state index in [0.29, 0.717) is 6.10 Å². The van der Waals surface area contributed by atoms with Crippen molar-refractivity contribution in [2.24, 2.45) is 0 Å². The van der Waals surface area contributed by atoms with Gasteiger partial charge in [0.25, 0.3) is 0 Å². The highest BCUT2D eigenvalue weighted by Gasteiger charge is 2.19. The van der Waals surface area contributed by atoms with Crippen LogP contribution in [0.3, 0.4) is 0 Å². The van der Waals surface area contributed by atoms with Crippen LogP contribution in [-0.2, 0) is 6.42 Å². The van der Waals surface area contributed by atoms with Crippen molar-refractivity contribution in [2.45, 2.75) is 51.6 Å². The smallest absolute Gasteiger partial charge is 0.123 e. The van der Waals surface area contributed by atoms with Crippen molar-refractivity contribution in [3.63, 3.8) is 0 Å². The Labute approximate surface area is 96.6 Å². The van der Waals surface area contributed by atoms with Crippen molar-refractivity contribution in [1.29, 1.82) is 0 Å². The van der Waals surface area contributed by atoms with Gasteiger partial charge >= 0.3 is 0 Å². The quantitative estimate of drug-likeness (QED) is 0.697. The number of fused-ring (bicyclic) bond motifs is 1. The summed E-state index contributed by atoms with van der Waals surface area (Å²) in [6.07, 6.45) is 7.20. The summed E-state index contributed by atoms with van der Waals surface area (Å²) in [6.45, 7) is 2.21. The average molecular weight is 222 g/mol. The van der Waals surface area contributed by atoms with Crippen LogP contribution in [0, 0.1) is 5.82 Å². The molecule has 1 aliphatic heterocycles. The molecule has 0 aromatic heterocycles. The van der Waals surface area contributed by atoms with Crippen molar-refractivity contribution in [1.82, 2.24) is 0 Å². The van der Waals surface area contributed by atoms with Crippen molar-refractivity contribution in [3.05, 3.63) is 29.6 Å². The van der Waals surface area contributed by atoms with Crippen LogP contribution in [0.4, 0.5) is 4.39 Å². The van der Waals surface area contributed by atoms with E-state index in [1.165, 1.54) is 25.3 Å². The van der Waals surface area contributed by atoms with Gasteiger partial charge in [0, 0.05) is 0 Å². The summed E-state index contributed by atoms with van der Waals surface area (Å²) in [6, 6.07) is 4.83. The Bertz CT molecular complexity index is 349. The van der Waals surface area contributed by atoms with Crippen molar-refractivity contribution >= 4 is 0 Å². The third kappa shape index (κ3) is 2.75. The summed E-state index contributed by atoms with van der Waals surface area (Å²) in [5.74, 6) is 0.723. The van der Waals surface area contributed by atoms with Gasteiger partial charge < -0.3 is 4.74 Å². The van der Waals surface area contributed by atoms with E-state index in [-0.39, 0.29) is 5.82 Å². The molecule has 1 aliphatic rings. The molecule has 2 heteroatoms. The molecule has 0 aliphatic carbocycles. The molecular weight excluding hydrogens is 203 g/mol. The van der Waals surface area contributed by atoms with E-state index in [0.717, 1.165) is 30.6 Å². The van der Waals surface area contributed by atoms with E-state index in [4.69, 9.17) is 4.74 Å². The fourth-order valence-electron chi connectivity index (χ4n) is 2.24. The second-order valence-electron chi connectivity index (χ2n) is 4.53. The monoisotopic (exact) mass is 222 g/mol. The van der Waals surface area contributed by atoms with Gasteiger partial charge in [-0.15, -0.1) is 0 Å². The molecule has 0 N–H and O–H groups in total. The molecule has 0 saturated carbocycles. The normalized spacial score (nSPS) is 19.0. The number of rotatable bonds is 4. The van der Waals surface area contributed by atoms with Crippen molar-refractivity contribution in [3.8, 4) is 5.75 Å². The minimum absolute atomic E-state index is 0.160. The van der Waals surface area contributed by atoms with Crippen molar-refractivity contribution in [2.75, 3.05) is 0 Å². The lowest BCUT2D eigenvalue weighted by atomic mass is 9.98. The Kier molecular flexibility index (Phi) is 3.81. The lowest BCUT2D eigenvalue weighted by Crippen LogP contribution is -2.22. The zero-order valence-corrected chi connectivity index (χ0v) is 9.84. The Morgan fingerprint density at radius 1 is 1.38 bits per heavy atom. The predicted octanol–water partition coefficient (Wildman–Crippen LogP) is 4.10. The lowest BCUT2D eigenvalue weighted by molar-refractivity contribution is 0.160. The van der Waals surface area contributed by atoms with Gasteiger partial charge in [-0.3, -0.25) is 0 Å². The van der Waals surface area contributed by atoms with E-state index in [1.807, 2.05) is 0 Å². The Hall–Kier alpha value is -1.05. The molecule has 0 amide bonds. The molecule has 1 unspecified atom stereocenters. The highest BCUT2D eigenvalue weighted by Crippen LogP contribution is 2.29. The molecule has 0 spiro atoms. The topological polar surface area (TPSA) is 9.23 Å². The van der Waals surface area contributed by atoms with Gasteiger partial charge in [-0.1, -0.05) is 19.8 Å². The largest absolute Gasteiger partial charge is 0.490 e. The Morgan fingerprint density at radius 3 is 3.06 bits per heavy atom. The molecule has 1 aromatic rings. The second kappa shape index (κ2) is 5.33. The summed E-state index contributed by atoms with van der Waals surface area (Å²) in [5.41, 5.74) is 1.02. The molecule has 1 heterocycles. The Morgan fingerprint density at radius 2 is 2.25 bits per heavy atom. The SMILES string of the molecule is CCCCCC1CCc2cc(F)ccc2O1. The van der Waals surface area contributed by atoms with Crippen LogP contribution in [0.2, 0.25) is 0 Å². The van der Waals surface area contributed by atoms with E-state index < -0.39 is 0 Å². The first-order valence-electron chi connectivity index (χ1n) is 6.24. The first-order chi connectivity index (χ1) is 7.79. The van der Waals surface area contributed by atoms with Gasteiger partial charge in [-0.05, 0) is 49.4 Å². The minimum atomic E-state index is -0.160. The number of aryl methyl sites for hydroxylation is 1. The third-order valence-electron chi connectivity index (χ3n) is 3.18. The second-order valence-corrected chi connectivity index (χ2v) is 4.53. The molecule has 1 nitrogen and oxygen atoms in total. The number of benzene rings is 1. The molecule has 2 rings (SSSR count). The number of ether oxygens (including phenoxy) is 1. The van der Waals surface area contributed by atoms with E-state index in [9.17, 15) is 4.39 Å². The van der Waals surface area contributed by atoms with Gasteiger partial charge in [0.2, 0.25) is 0 Å². The average Bonchev–Trinajstić information content (AvgIpc) is 2.29. The van der Waals surface area contributed by atoms with Crippen LogP contribution in [0.5, 0.6) is 5.75 Å². The molecule has 0 fully saturated rings. The molecule has 1 aromatic carbocycles. The van der Waals surface area contributed by atoms with Crippen LogP contribution in [-0.4, -0.2) is 6.10 Å². The third-order valence-corrected chi connectivity index (χ3v) is 3.18. The molecular formula is C14H19FO. The van der Waals surface area contributed by atoms with Gasteiger partial charge in [0.05, 0.1) is 6.10 Å². The lowest BCUT2D eigenvalue weighted by Gasteiger charge is -2.26. The first-order valence-corrected chi connectivity index (χ1v) is 6.24. The summed E-state index contributed by atoms with van der Waals surface area (Å²) >= 11 is 0. The zero-order valence-electron chi connectivity index (χ0n) is 9.84. The van der Waals surface area contributed by atoms with Gasteiger partial charge in [-0.25, -0.2) is 4.39 Å². The zero-order chi connectivity index (χ0) is 11.4. The highest BCUT2D eigenvalue weighted by molar-refractivity contribution is 5.35. The molecule has 0 radical (unpaired) electrons. The van der Waals surface area contributed by atoms with Crippen LogP contribution in [0.1, 0.15) is 44.6 Å². The van der Waals surface area contributed by atoms with Gasteiger partial charge in [-0.2, -0.15) is 0 Å². The van der Waals surface area contributed by atoms with E-state index in [2.05, 4.69) is 6.92 Å². The Balaban J connectivity index is 1.93. The predicted molar refractivity (Wildman–Crippen MR) is 63.3 cm³/mol. The highest BCUT2D eigenvalue weighted by atomic mass is 19.1. The number of halogens is 1. The number of hydrogen-bond donors (Lipinski definition) is 0. The fourth-order valence-corrected chi connectivity index (χ4v) is 2.24. The minimum Gasteiger partial charge on any atom is -0.490 e. The first kappa shape index (κ1) is 11.4. The van der Waals surface area contributed by atoms with Crippen LogP contribution < -0.4 is 4.74 Å². The maximum Gasteiger partial charge on any atom is 0.123 e. The van der Waals surface area contributed by atoms with Gasteiger partial charge in [0.1, 0.15) is 11.6 Å². The molecule has 0 saturated heterocycles. The maximum absolute atomic E-state index is 13.0. The number of unbranched alkanes of at least 4 members (excludes halogenated alkanes) is 2. The summed E-state index contributed by atoms with van der Waals surface area (Å²) in [7, 11) is 0. The molecule has 16 heavy (non-hydrogen) atoms. The van der Waals surface area contributed by atoms with Crippen LogP contribution >= 0.6 is 0 Å². The standard InChI is InChI=1S/C14H19FO/c1-2-3-4-5-13-8-6-11-10-12(15)7-9-14(11)16-13/h7,9-10,13H,2-6,8H2,1H3. The van der Waals surface area contributed by atoms with Crippen LogP contribution in [0.25, 0.3) is 0 Å². The van der Waals surface area contributed by atoms with E-state index >= 15 is 0 Å².